The Morgan fingerprint density at radius 3 is 2.53 bits per heavy atom. The third-order valence-corrected chi connectivity index (χ3v) is 6.38. The van der Waals surface area contributed by atoms with E-state index in [9.17, 15) is 4.79 Å². The first-order chi connectivity index (χ1) is 14.5. The van der Waals surface area contributed by atoms with E-state index in [0.29, 0.717) is 25.6 Å². The lowest BCUT2D eigenvalue weighted by atomic mass is 10.0. The zero-order chi connectivity index (χ0) is 21.3. The highest BCUT2D eigenvalue weighted by Crippen LogP contribution is 2.26. The molecule has 1 fully saturated rings. The predicted molar refractivity (Wildman–Crippen MR) is 123 cm³/mol. The normalized spacial score (nSPS) is 15.6. The van der Waals surface area contributed by atoms with E-state index in [1.807, 2.05) is 0 Å². The number of aromatic nitrogens is 1. The van der Waals surface area contributed by atoms with Crippen LogP contribution < -0.4 is 5.32 Å². The number of amides is 1. The van der Waals surface area contributed by atoms with Crippen LogP contribution in [0, 0.1) is 0 Å². The summed E-state index contributed by atoms with van der Waals surface area (Å²) in [5.74, 6) is 0.651. The van der Waals surface area contributed by atoms with Crippen LogP contribution in [0.2, 0.25) is 0 Å². The number of hydrogen-bond acceptors (Lipinski definition) is 6. The molecule has 0 bridgehead atoms. The Hall–Kier alpha value is -1.80. The second-order valence-electron chi connectivity index (χ2n) is 8.17. The molecule has 1 aliphatic heterocycles. The lowest BCUT2D eigenvalue weighted by Crippen LogP contribution is -2.49. The van der Waals surface area contributed by atoms with Gasteiger partial charge in [0.05, 0.1) is 12.2 Å². The topological polar surface area (TPSA) is 57.7 Å². The third-order valence-electron chi connectivity index (χ3n) is 5.44. The highest BCUT2D eigenvalue weighted by atomic mass is 32.1. The summed E-state index contributed by atoms with van der Waals surface area (Å²) in [6.45, 7) is 10.9. The first-order valence-electron chi connectivity index (χ1n) is 10.8. The fourth-order valence-corrected chi connectivity index (χ4v) is 4.38. The van der Waals surface area contributed by atoms with Crippen molar-refractivity contribution < 1.29 is 9.53 Å². The summed E-state index contributed by atoms with van der Waals surface area (Å²) in [7, 11) is 1.68. The van der Waals surface area contributed by atoms with Gasteiger partial charge in [0.1, 0.15) is 5.01 Å². The quantitative estimate of drug-likeness (QED) is 0.587. The van der Waals surface area contributed by atoms with Crippen molar-refractivity contribution in [3.05, 3.63) is 40.9 Å². The lowest BCUT2D eigenvalue weighted by molar-refractivity contribution is -0.122. The van der Waals surface area contributed by atoms with Gasteiger partial charge in [-0.15, -0.1) is 11.3 Å². The number of piperazine rings is 1. The molecule has 2 aromatic rings. The highest BCUT2D eigenvalue weighted by Gasteiger charge is 2.19. The molecule has 164 valence electrons. The van der Waals surface area contributed by atoms with Crippen molar-refractivity contribution in [2.24, 2.45) is 0 Å². The molecule has 3 rings (SSSR count). The Balaban J connectivity index is 1.41. The SMILES string of the molecule is COCCCNC(=O)CN1CCN(Cc2csc(-c3ccc(C(C)C)cc3)n2)CC1. The molecule has 0 aliphatic carbocycles. The summed E-state index contributed by atoms with van der Waals surface area (Å²) in [5.41, 5.74) is 3.68. The van der Waals surface area contributed by atoms with Gasteiger partial charge in [-0.2, -0.15) is 0 Å². The van der Waals surface area contributed by atoms with Crippen LogP contribution >= 0.6 is 11.3 Å². The fourth-order valence-electron chi connectivity index (χ4n) is 3.56. The number of nitrogens with one attached hydrogen (secondary N) is 1. The van der Waals surface area contributed by atoms with E-state index in [4.69, 9.17) is 9.72 Å². The molecule has 1 saturated heterocycles. The third kappa shape index (κ3) is 6.87. The number of carbonyl (C=O) groups excluding carboxylic acids is 1. The minimum Gasteiger partial charge on any atom is -0.385 e. The number of thiazole rings is 1. The smallest absolute Gasteiger partial charge is 0.234 e. The van der Waals surface area contributed by atoms with E-state index >= 15 is 0 Å². The number of benzene rings is 1. The summed E-state index contributed by atoms with van der Waals surface area (Å²) in [4.78, 5) is 21.5. The van der Waals surface area contributed by atoms with Crippen molar-refractivity contribution in [3.63, 3.8) is 0 Å². The molecule has 7 heteroatoms. The van der Waals surface area contributed by atoms with Crippen molar-refractivity contribution >= 4 is 17.2 Å². The zero-order valence-electron chi connectivity index (χ0n) is 18.4. The summed E-state index contributed by atoms with van der Waals surface area (Å²) in [6.07, 6.45) is 0.855. The van der Waals surface area contributed by atoms with Gasteiger partial charge in [-0.3, -0.25) is 14.6 Å². The Kier molecular flexibility index (Phi) is 8.81. The predicted octanol–water partition coefficient (Wildman–Crippen LogP) is 3.20. The monoisotopic (exact) mass is 430 g/mol. The second kappa shape index (κ2) is 11.6. The van der Waals surface area contributed by atoms with Crippen molar-refractivity contribution in [2.45, 2.75) is 32.7 Å². The van der Waals surface area contributed by atoms with Gasteiger partial charge in [0.15, 0.2) is 0 Å². The summed E-state index contributed by atoms with van der Waals surface area (Å²) in [6, 6.07) is 8.76. The second-order valence-corrected chi connectivity index (χ2v) is 9.03. The number of methoxy groups -OCH3 is 1. The van der Waals surface area contributed by atoms with Crippen LogP contribution in [-0.2, 0) is 16.1 Å². The number of rotatable bonds is 10. The molecule has 1 amide bonds. The van der Waals surface area contributed by atoms with E-state index in [-0.39, 0.29) is 5.91 Å². The maximum absolute atomic E-state index is 12.0. The Morgan fingerprint density at radius 2 is 1.87 bits per heavy atom. The van der Waals surface area contributed by atoms with Crippen LogP contribution in [0.5, 0.6) is 0 Å². The standard InChI is InChI=1S/C23H34N4O2S/c1-18(2)19-5-7-20(8-6-19)23-25-21(17-30-23)15-26-10-12-27(13-11-26)16-22(28)24-9-4-14-29-3/h5-8,17-18H,4,9-16H2,1-3H3,(H,24,28). The molecule has 0 radical (unpaired) electrons. The van der Waals surface area contributed by atoms with Gasteiger partial charge in [0, 0.05) is 63.9 Å². The molecule has 1 N–H and O–H groups in total. The molecule has 0 saturated carbocycles. The fraction of sp³-hybridized carbons (Fsp3) is 0.565. The van der Waals surface area contributed by atoms with Crippen molar-refractivity contribution in [3.8, 4) is 10.6 Å². The van der Waals surface area contributed by atoms with Crippen LogP contribution in [0.3, 0.4) is 0 Å². The number of nitrogens with zero attached hydrogens (tertiary/aromatic N) is 3. The maximum Gasteiger partial charge on any atom is 0.234 e. The van der Waals surface area contributed by atoms with Gasteiger partial charge in [0.2, 0.25) is 5.91 Å². The molecule has 1 aliphatic rings. The molecule has 0 unspecified atom stereocenters. The minimum absolute atomic E-state index is 0.104. The summed E-state index contributed by atoms with van der Waals surface area (Å²) < 4.78 is 5.00. The first-order valence-corrected chi connectivity index (χ1v) is 11.7. The van der Waals surface area contributed by atoms with Crippen molar-refractivity contribution in [1.29, 1.82) is 0 Å². The molecule has 0 spiro atoms. The number of ether oxygens (including phenoxy) is 1. The van der Waals surface area contributed by atoms with Gasteiger partial charge in [-0.1, -0.05) is 38.1 Å². The molecule has 0 atom stereocenters. The van der Waals surface area contributed by atoms with Gasteiger partial charge < -0.3 is 10.1 Å². The lowest BCUT2D eigenvalue weighted by Gasteiger charge is -2.33. The molecule has 2 heterocycles. The Labute approximate surface area is 184 Å². The number of carbonyl (C=O) groups is 1. The zero-order valence-corrected chi connectivity index (χ0v) is 19.2. The maximum atomic E-state index is 12.0. The molecule has 6 nitrogen and oxygen atoms in total. The first kappa shape index (κ1) is 22.9. The number of hydrogen-bond donors (Lipinski definition) is 1. The van der Waals surface area contributed by atoms with Crippen LogP contribution in [0.25, 0.3) is 10.6 Å². The Morgan fingerprint density at radius 1 is 1.17 bits per heavy atom. The molecule has 1 aromatic carbocycles. The van der Waals surface area contributed by atoms with Gasteiger partial charge in [-0.25, -0.2) is 4.98 Å². The van der Waals surface area contributed by atoms with E-state index in [1.54, 1.807) is 18.4 Å². The van der Waals surface area contributed by atoms with Gasteiger partial charge in [-0.05, 0) is 17.9 Å². The molecule has 1 aromatic heterocycles. The van der Waals surface area contributed by atoms with Crippen molar-refractivity contribution in [1.82, 2.24) is 20.1 Å². The van der Waals surface area contributed by atoms with E-state index in [2.05, 4.69) is 58.6 Å². The van der Waals surface area contributed by atoms with Crippen LogP contribution in [0.1, 0.15) is 37.4 Å². The average molecular weight is 431 g/mol. The van der Waals surface area contributed by atoms with E-state index in [1.165, 1.54) is 11.1 Å². The average Bonchev–Trinajstić information content (AvgIpc) is 3.21. The molecule has 30 heavy (non-hydrogen) atoms. The molecular formula is C23H34N4O2S. The van der Waals surface area contributed by atoms with Crippen LogP contribution in [0.4, 0.5) is 0 Å². The van der Waals surface area contributed by atoms with Gasteiger partial charge in [0.25, 0.3) is 0 Å². The van der Waals surface area contributed by atoms with Crippen molar-refractivity contribution in [2.75, 3.05) is 53.0 Å². The van der Waals surface area contributed by atoms with Crippen LogP contribution in [0.15, 0.2) is 29.6 Å². The summed E-state index contributed by atoms with van der Waals surface area (Å²) >= 11 is 1.72. The molecular weight excluding hydrogens is 396 g/mol. The largest absolute Gasteiger partial charge is 0.385 e. The van der Waals surface area contributed by atoms with E-state index in [0.717, 1.165) is 49.8 Å². The minimum atomic E-state index is 0.104. The summed E-state index contributed by atoms with van der Waals surface area (Å²) in [5, 5.41) is 6.22. The Bertz CT molecular complexity index is 783. The highest BCUT2D eigenvalue weighted by molar-refractivity contribution is 7.13. The van der Waals surface area contributed by atoms with Gasteiger partial charge >= 0.3 is 0 Å². The van der Waals surface area contributed by atoms with E-state index < -0.39 is 0 Å². The van der Waals surface area contributed by atoms with Crippen LogP contribution in [-0.4, -0.2) is 73.7 Å².